The van der Waals surface area contributed by atoms with E-state index >= 15 is 0 Å². The first-order chi connectivity index (χ1) is 14.2. The lowest BCUT2D eigenvalue weighted by Crippen LogP contribution is -2.57. The van der Waals surface area contributed by atoms with Crippen molar-refractivity contribution >= 4 is 17.1 Å². The van der Waals surface area contributed by atoms with Gasteiger partial charge in [-0.3, -0.25) is 4.79 Å². The molecule has 29 heavy (non-hydrogen) atoms. The zero-order valence-electron chi connectivity index (χ0n) is 16.4. The van der Waals surface area contributed by atoms with Gasteiger partial charge in [-0.25, -0.2) is 9.97 Å². The van der Waals surface area contributed by atoms with Crippen LogP contribution < -0.4 is 5.32 Å². The number of benzene rings is 1. The van der Waals surface area contributed by atoms with Crippen molar-refractivity contribution in [3.8, 4) is 0 Å². The van der Waals surface area contributed by atoms with E-state index in [4.69, 9.17) is 4.74 Å². The molecule has 7 heteroatoms. The molecule has 0 radical (unpaired) electrons. The highest BCUT2D eigenvalue weighted by Gasteiger charge is 2.39. The maximum atomic E-state index is 13.1. The molecule has 2 aliphatic heterocycles. The highest BCUT2D eigenvalue weighted by Crippen LogP contribution is 2.28. The number of morpholine rings is 1. The number of hydrogen-bond donors (Lipinski definition) is 1. The van der Waals surface area contributed by atoms with Gasteiger partial charge in [0.2, 0.25) is 0 Å². The van der Waals surface area contributed by atoms with E-state index in [1.54, 1.807) is 12.5 Å². The van der Waals surface area contributed by atoms with E-state index in [0.29, 0.717) is 31.8 Å². The lowest BCUT2D eigenvalue weighted by molar-refractivity contribution is -0.114. The zero-order chi connectivity index (χ0) is 19.7. The number of carbonyl (C=O) groups is 1. The predicted molar refractivity (Wildman–Crippen MR) is 110 cm³/mol. The van der Waals surface area contributed by atoms with Gasteiger partial charge in [0.15, 0.2) is 5.65 Å². The molecule has 4 heterocycles. The third-order valence-corrected chi connectivity index (χ3v) is 5.95. The molecule has 0 aliphatic carbocycles. The van der Waals surface area contributed by atoms with Crippen molar-refractivity contribution in [2.75, 3.05) is 32.8 Å². The van der Waals surface area contributed by atoms with Crippen LogP contribution in [0.4, 0.5) is 0 Å². The molecular weight excluding hydrogens is 366 g/mol. The molecule has 2 fully saturated rings. The van der Waals surface area contributed by atoms with Crippen molar-refractivity contribution < 1.29 is 9.53 Å². The average molecular weight is 391 g/mol. The van der Waals surface area contributed by atoms with Gasteiger partial charge >= 0.3 is 0 Å². The van der Waals surface area contributed by atoms with E-state index in [-0.39, 0.29) is 11.5 Å². The number of aromatic nitrogens is 3. The van der Waals surface area contributed by atoms with Crippen LogP contribution in [-0.4, -0.2) is 63.7 Å². The molecule has 0 saturated carbocycles. The standard InChI is InChI=1S/C22H25N5O2/c28-21(26-10-11-29-22(15-26)6-8-23-9-7-22)18-12-19-20(24-13-18)27(16-25-19)14-17-4-2-1-3-5-17/h1-5,12-13,16,23H,6-11,14-15H2. The SMILES string of the molecule is O=C(c1cnc2c(c1)ncn2Cc1ccccc1)N1CCOC2(CCNCC2)C1. The summed E-state index contributed by atoms with van der Waals surface area (Å²) < 4.78 is 8.10. The van der Waals surface area contributed by atoms with E-state index in [9.17, 15) is 4.79 Å². The Kier molecular flexibility index (Phi) is 4.77. The lowest BCUT2D eigenvalue weighted by atomic mass is 9.90. The summed E-state index contributed by atoms with van der Waals surface area (Å²) >= 11 is 0. The van der Waals surface area contributed by atoms with Crippen LogP contribution in [-0.2, 0) is 11.3 Å². The predicted octanol–water partition coefficient (Wildman–Crippen LogP) is 2.07. The van der Waals surface area contributed by atoms with Crippen LogP contribution in [0.2, 0.25) is 0 Å². The second-order valence-electron chi connectivity index (χ2n) is 7.93. The van der Waals surface area contributed by atoms with Crippen LogP contribution in [0.3, 0.4) is 0 Å². The molecule has 1 amide bonds. The fourth-order valence-corrected chi connectivity index (χ4v) is 4.35. The Bertz CT molecular complexity index is 1000. The molecular formula is C22H25N5O2. The fourth-order valence-electron chi connectivity index (χ4n) is 4.35. The van der Waals surface area contributed by atoms with Gasteiger partial charge in [0.1, 0.15) is 5.52 Å². The maximum absolute atomic E-state index is 13.1. The third-order valence-electron chi connectivity index (χ3n) is 5.95. The molecule has 2 saturated heterocycles. The molecule has 0 unspecified atom stereocenters. The highest BCUT2D eigenvalue weighted by atomic mass is 16.5. The molecule has 2 aliphatic rings. The molecule has 5 rings (SSSR count). The van der Waals surface area contributed by atoms with Crippen LogP contribution in [0.15, 0.2) is 48.9 Å². The van der Waals surface area contributed by atoms with Crippen molar-refractivity contribution in [1.82, 2.24) is 24.8 Å². The van der Waals surface area contributed by atoms with Crippen molar-refractivity contribution in [2.24, 2.45) is 0 Å². The summed E-state index contributed by atoms with van der Waals surface area (Å²) in [6.07, 6.45) is 5.35. The minimum atomic E-state index is -0.200. The number of rotatable bonds is 3. The summed E-state index contributed by atoms with van der Waals surface area (Å²) in [6.45, 7) is 4.44. The molecule has 1 aromatic carbocycles. The van der Waals surface area contributed by atoms with Crippen LogP contribution in [0.5, 0.6) is 0 Å². The Hall–Kier alpha value is -2.77. The molecule has 1 spiro atoms. The van der Waals surface area contributed by atoms with Gasteiger partial charge in [0.05, 0.1) is 37.2 Å². The first-order valence-corrected chi connectivity index (χ1v) is 10.2. The Morgan fingerprint density at radius 3 is 2.83 bits per heavy atom. The molecule has 7 nitrogen and oxygen atoms in total. The zero-order valence-corrected chi connectivity index (χ0v) is 16.4. The summed E-state index contributed by atoms with van der Waals surface area (Å²) in [7, 11) is 0. The summed E-state index contributed by atoms with van der Waals surface area (Å²) in [6, 6.07) is 12.1. The van der Waals surface area contributed by atoms with Gasteiger partial charge in [-0.1, -0.05) is 30.3 Å². The second kappa shape index (κ2) is 7.57. The molecule has 150 valence electrons. The molecule has 0 bridgehead atoms. The number of ether oxygens (including phenoxy) is 1. The summed E-state index contributed by atoms with van der Waals surface area (Å²) in [4.78, 5) is 24.1. The minimum Gasteiger partial charge on any atom is -0.371 e. The van der Waals surface area contributed by atoms with E-state index in [2.05, 4.69) is 27.4 Å². The first-order valence-electron chi connectivity index (χ1n) is 10.2. The number of pyridine rings is 1. The average Bonchev–Trinajstić information content (AvgIpc) is 3.16. The topological polar surface area (TPSA) is 72.3 Å². The number of hydrogen-bond acceptors (Lipinski definition) is 5. The Labute approximate surface area is 169 Å². The molecule has 0 atom stereocenters. The van der Waals surface area contributed by atoms with E-state index in [1.165, 1.54) is 5.56 Å². The minimum absolute atomic E-state index is 0.0122. The van der Waals surface area contributed by atoms with Crippen molar-refractivity contribution in [3.63, 3.8) is 0 Å². The number of amides is 1. The maximum Gasteiger partial charge on any atom is 0.255 e. The Morgan fingerprint density at radius 2 is 2.00 bits per heavy atom. The first kappa shape index (κ1) is 18.3. The number of nitrogens with zero attached hydrogens (tertiary/aromatic N) is 4. The molecule has 2 aromatic heterocycles. The third kappa shape index (κ3) is 3.63. The van der Waals surface area contributed by atoms with E-state index in [1.807, 2.05) is 33.7 Å². The number of imidazole rings is 1. The number of carbonyl (C=O) groups excluding carboxylic acids is 1. The lowest BCUT2D eigenvalue weighted by Gasteiger charge is -2.45. The normalized spacial score (nSPS) is 19.0. The number of nitrogens with one attached hydrogen (secondary N) is 1. The number of fused-ring (bicyclic) bond motifs is 1. The monoisotopic (exact) mass is 391 g/mol. The largest absolute Gasteiger partial charge is 0.371 e. The fraction of sp³-hybridized carbons (Fsp3) is 0.409. The van der Waals surface area contributed by atoms with Crippen molar-refractivity contribution in [3.05, 3.63) is 60.0 Å². The smallest absolute Gasteiger partial charge is 0.255 e. The van der Waals surface area contributed by atoms with Crippen molar-refractivity contribution in [1.29, 1.82) is 0 Å². The van der Waals surface area contributed by atoms with E-state index < -0.39 is 0 Å². The number of piperidine rings is 1. The molecule has 3 aromatic rings. The highest BCUT2D eigenvalue weighted by molar-refractivity contribution is 5.96. The van der Waals surface area contributed by atoms with Gasteiger partial charge < -0.3 is 19.5 Å². The van der Waals surface area contributed by atoms with Gasteiger partial charge in [-0.05, 0) is 37.6 Å². The second-order valence-corrected chi connectivity index (χ2v) is 7.93. The van der Waals surface area contributed by atoms with Crippen LogP contribution in [0, 0.1) is 0 Å². The Balaban J connectivity index is 1.35. The summed E-state index contributed by atoms with van der Waals surface area (Å²) in [5.74, 6) is 0.0122. The van der Waals surface area contributed by atoms with Crippen LogP contribution in [0.25, 0.3) is 11.2 Å². The van der Waals surface area contributed by atoms with Crippen molar-refractivity contribution in [2.45, 2.75) is 25.0 Å². The van der Waals surface area contributed by atoms with Crippen LogP contribution in [0.1, 0.15) is 28.8 Å². The summed E-state index contributed by atoms with van der Waals surface area (Å²) in [5, 5.41) is 3.37. The molecule has 1 N–H and O–H groups in total. The van der Waals surface area contributed by atoms with Gasteiger partial charge in [-0.2, -0.15) is 0 Å². The van der Waals surface area contributed by atoms with Crippen LogP contribution >= 0.6 is 0 Å². The Morgan fingerprint density at radius 1 is 1.17 bits per heavy atom. The quantitative estimate of drug-likeness (QED) is 0.740. The van der Waals surface area contributed by atoms with Gasteiger partial charge in [0.25, 0.3) is 5.91 Å². The summed E-state index contributed by atoms with van der Waals surface area (Å²) in [5.41, 5.74) is 3.12. The van der Waals surface area contributed by atoms with Gasteiger partial charge in [0, 0.05) is 12.7 Å². The van der Waals surface area contributed by atoms with Gasteiger partial charge in [-0.15, -0.1) is 0 Å². The van der Waals surface area contributed by atoms with E-state index in [0.717, 1.165) is 37.1 Å².